The Labute approximate surface area is 90.9 Å². The minimum Gasteiger partial charge on any atom is -0.456 e. The van der Waals surface area contributed by atoms with E-state index in [4.69, 9.17) is 9.52 Å². The second-order valence-corrected chi connectivity index (χ2v) is 3.73. The van der Waals surface area contributed by atoms with Crippen LogP contribution in [0.2, 0.25) is 0 Å². The molecule has 0 atom stereocenters. The van der Waals surface area contributed by atoms with Gasteiger partial charge in [-0.1, -0.05) is 6.07 Å². The summed E-state index contributed by atoms with van der Waals surface area (Å²) in [5.74, 6) is -0.287. The molecule has 3 rings (SSSR count). The zero-order valence-electron chi connectivity index (χ0n) is 8.40. The summed E-state index contributed by atoms with van der Waals surface area (Å²) < 4.78 is 18.7. The van der Waals surface area contributed by atoms with Gasteiger partial charge in [-0.25, -0.2) is 4.39 Å². The van der Waals surface area contributed by atoms with E-state index in [0.717, 1.165) is 16.3 Å². The van der Waals surface area contributed by atoms with Crippen LogP contribution in [0.4, 0.5) is 4.39 Å². The van der Waals surface area contributed by atoms with E-state index in [-0.39, 0.29) is 12.4 Å². The maximum absolute atomic E-state index is 13.1. The molecule has 0 spiro atoms. The van der Waals surface area contributed by atoms with Crippen LogP contribution in [-0.4, -0.2) is 5.11 Å². The maximum Gasteiger partial charge on any atom is 0.135 e. The highest BCUT2D eigenvalue weighted by atomic mass is 19.1. The predicted octanol–water partition coefficient (Wildman–Crippen LogP) is 3.22. The second-order valence-electron chi connectivity index (χ2n) is 3.73. The van der Waals surface area contributed by atoms with Gasteiger partial charge in [0.1, 0.15) is 17.0 Å². The molecule has 80 valence electrons. The van der Waals surface area contributed by atoms with Gasteiger partial charge in [0.05, 0.1) is 6.61 Å². The van der Waals surface area contributed by atoms with Crippen molar-refractivity contribution in [3.8, 4) is 0 Å². The molecule has 1 heterocycles. The first-order valence-corrected chi connectivity index (χ1v) is 4.99. The third kappa shape index (κ3) is 1.29. The molecule has 1 aromatic heterocycles. The van der Waals surface area contributed by atoms with Gasteiger partial charge in [-0.2, -0.15) is 0 Å². The Morgan fingerprint density at radius 1 is 1.00 bits per heavy atom. The van der Waals surface area contributed by atoms with E-state index in [1.54, 1.807) is 18.2 Å². The van der Waals surface area contributed by atoms with Crippen LogP contribution in [0.1, 0.15) is 5.56 Å². The molecule has 0 bridgehead atoms. The van der Waals surface area contributed by atoms with Gasteiger partial charge in [0.15, 0.2) is 0 Å². The summed E-state index contributed by atoms with van der Waals surface area (Å²) in [6.07, 6.45) is 0. The quantitative estimate of drug-likeness (QED) is 0.677. The van der Waals surface area contributed by atoms with Crippen molar-refractivity contribution in [2.24, 2.45) is 0 Å². The fraction of sp³-hybridized carbons (Fsp3) is 0.0769. The van der Waals surface area contributed by atoms with Gasteiger partial charge in [-0.15, -0.1) is 0 Å². The van der Waals surface area contributed by atoms with Gasteiger partial charge in [0.2, 0.25) is 0 Å². The van der Waals surface area contributed by atoms with Gasteiger partial charge in [-0.3, -0.25) is 0 Å². The summed E-state index contributed by atoms with van der Waals surface area (Å²) in [6.45, 7) is -0.0298. The first kappa shape index (κ1) is 9.36. The van der Waals surface area contributed by atoms with Crippen LogP contribution in [0.25, 0.3) is 21.9 Å². The number of hydrogen-bond donors (Lipinski definition) is 1. The molecule has 3 heteroatoms. The highest BCUT2D eigenvalue weighted by Crippen LogP contribution is 2.29. The van der Waals surface area contributed by atoms with Crippen molar-refractivity contribution < 1.29 is 13.9 Å². The molecule has 0 aliphatic heterocycles. The minimum atomic E-state index is -0.287. The molecule has 0 aliphatic carbocycles. The second kappa shape index (κ2) is 3.32. The first-order chi connectivity index (χ1) is 7.78. The Bertz CT molecular complexity index is 670. The molecule has 0 radical (unpaired) electrons. The van der Waals surface area contributed by atoms with Crippen molar-refractivity contribution in [2.45, 2.75) is 6.61 Å². The van der Waals surface area contributed by atoms with Gasteiger partial charge in [0, 0.05) is 10.8 Å². The predicted molar refractivity (Wildman–Crippen MR) is 59.6 cm³/mol. The number of benzene rings is 2. The van der Waals surface area contributed by atoms with Gasteiger partial charge >= 0.3 is 0 Å². The van der Waals surface area contributed by atoms with Gasteiger partial charge in [-0.05, 0) is 35.9 Å². The van der Waals surface area contributed by atoms with Crippen molar-refractivity contribution >= 4 is 21.9 Å². The lowest BCUT2D eigenvalue weighted by molar-refractivity contribution is 0.282. The smallest absolute Gasteiger partial charge is 0.135 e. The third-order valence-electron chi connectivity index (χ3n) is 2.68. The number of furan rings is 1. The Kier molecular flexibility index (Phi) is 1.94. The SMILES string of the molecule is OCc1ccc2oc3ccc(F)cc3c2c1. The van der Waals surface area contributed by atoms with E-state index in [0.29, 0.717) is 11.2 Å². The highest BCUT2D eigenvalue weighted by Gasteiger charge is 2.07. The maximum atomic E-state index is 13.1. The average Bonchev–Trinajstić information content (AvgIpc) is 2.66. The molecule has 1 N–H and O–H groups in total. The summed E-state index contributed by atoms with van der Waals surface area (Å²) in [4.78, 5) is 0. The summed E-state index contributed by atoms with van der Waals surface area (Å²) in [5.41, 5.74) is 2.16. The fourth-order valence-corrected chi connectivity index (χ4v) is 1.90. The van der Waals surface area contributed by atoms with Crippen LogP contribution in [0, 0.1) is 5.82 Å². The van der Waals surface area contributed by atoms with Crippen molar-refractivity contribution in [2.75, 3.05) is 0 Å². The Morgan fingerprint density at radius 3 is 2.44 bits per heavy atom. The van der Waals surface area contributed by atoms with Gasteiger partial charge < -0.3 is 9.52 Å². The molecule has 0 amide bonds. The third-order valence-corrected chi connectivity index (χ3v) is 2.68. The molecule has 0 saturated heterocycles. The van der Waals surface area contributed by atoms with E-state index in [1.165, 1.54) is 12.1 Å². The monoisotopic (exact) mass is 216 g/mol. The van der Waals surface area contributed by atoms with Crippen LogP contribution < -0.4 is 0 Å². The first-order valence-electron chi connectivity index (χ1n) is 4.99. The Hall–Kier alpha value is -1.87. The minimum absolute atomic E-state index is 0.0298. The molecule has 3 aromatic rings. The molecule has 0 saturated carbocycles. The summed E-state index contributed by atoms with van der Waals surface area (Å²) in [6, 6.07) is 9.84. The number of fused-ring (bicyclic) bond motifs is 3. The molecule has 2 aromatic carbocycles. The standard InChI is InChI=1S/C13H9FO2/c14-9-2-4-13-11(6-9)10-5-8(7-15)1-3-12(10)16-13/h1-6,15H,7H2. The van der Waals surface area contributed by atoms with Crippen molar-refractivity contribution in [1.29, 1.82) is 0 Å². The topological polar surface area (TPSA) is 33.4 Å². The zero-order chi connectivity index (χ0) is 11.1. The zero-order valence-corrected chi connectivity index (χ0v) is 8.40. The molecule has 16 heavy (non-hydrogen) atoms. The van der Waals surface area contributed by atoms with E-state index < -0.39 is 0 Å². The lowest BCUT2D eigenvalue weighted by Gasteiger charge is -1.94. The van der Waals surface area contributed by atoms with Crippen LogP contribution in [0.15, 0.2) is 40.8 Å². The van der Waals surface area contributed by atoms with Crippen LogP contribution in [-0.2, 0) is 6.61 Å². The van der Waals surface area contributed by atoms with Crippen molar-refractivity contribution in [3.63, 3.8) is 0 Å². The largest absolute Gasteiger partial charge is 0.456 e. The molecular weight excluding hydrogens is 207 g/mol. The molecule has 2 nitrogen and oxygen atoms in total. The Morgan fingerprint density at radius 2 is 1.69 bits per heavy atom. The summed E-state index contributed by atoms with van der Waals surface area (Å²) in [7, 11) is 0. The van der Waals surface area contributed by atoms with Crippen molar-refractivity contribution in [1.82, 2.24) is 0 Å². The summed E-state index contributed by atoms with van der Waals surface area (Å²) >= 11 is 0. The lowest BCUT2D eigenvalue weighted by Crippen LogP contribution is -1.80. The van der Waals surface area contributed by atoms with Crippen LogP contribution >= 0.6 is 0 Å². The van der Waals surface area contributed by atoms with Crippen LogP contribution in [0.3, 0.4) is 0 Å². The van der Waals surface area contributed by atoms with Crippen LogP contribution in [0.5, 0.6) is 0 Å². The lowest BCUT2D eigenvalue weighted by atomic mass is 10.1. The number of rotatable bonds is 1. The number of halogens is 1. The molecule has 0 unspecified atom stereocenters. The summed E-state index contributed by atoms with van der Waals surface area (Å²) in [5, 5.41) is 10.6. The van der Waals surface area contributed by atoms with E-state index in [1.807, 2.05) is 6.07 Å². The normalized spacial score (nSPS) is 11.4. The van der Waals surface area contributed by atoms with E-state index >= 15 is 0 Å². The number of hydrogen-bond acceptors (Lipinski definition) is 2. The molecule has 0 fully saturated rings. The Balaban J connectivity index is 2.44. The average molecular weight is 216 g/mol. The van der Waals surface area contributed by atoms with E-state index in [9.17, 15) is 4.39 Å². The van der Waals surface area contributed by atoms with Gasteiger partial charge in [0.25, 0.3) is 0 Å². The number of aliphatic hydroxyl groups excluding tert-OH is 1. The molecular formula is C13H9FO2. The van der Waals surface area contributed by atoms with Crippen molar-refractivity contribution in [3.05, 3.63) is 47.8 Å². The number of aliphatic hydroxyl groups is 1. The fourth-order valence-electron chi connectivity index (χ4n) is 1.90. The highest BCUT2D eigenvalue weighted by molar-refractivity contribution is 6.05. The molecule has 0 aliphatic rings. The van der Waals surface area contributed by atoms with E-state index in [2.05, 4.69) is 0 Å².